The lowest BCUT2D eigenvalue weighted by molar-refractivity contribution is 0.876. The molecule has 86 valence electrons. The Hall–Kier alpha value is -1.72. The second-order valence-electron chi connectivity index (χ2n) is 3.91. The van der Waals surface area contributed by atoms with Crippen LogP contribution in [-0.4, -0.2) is 14.6 Å². The van der Waals surface area contributed by atoms with Crippen molar-refractivity contribution in [3.63, 3.8) is 0 Å². The van der Waals surface area contributed by atoms with Crippen LogP contribution in [0.2, 0.25) is 0 Å². The Bertz CT molecular complexity index is 651. The van der Waals surface area contributed by atoms with Gasteiger partial charge in [0.15, 0.2) is 5.82 Å². The molecule has 3 rings (SSSR count). The van der Waals surface area contributed by atoms with Crippen LogP contribution in [0.4, 0.5) is 0 Å². The molecule has 2 aromatic heterocycles. The standard InChI is InChI=1S/C12H12N4S/c1-8-2-4-9(5-3-8)10-7-17-12-14-11(6-13)15-16(10)12/h2-5,7H,6,13H2,1H3. The van der Waals surface area contributed by atoms with Crippen LogP contribution in [0.1, 0.15) is 11.4 Å². The zero-order chi connectivity index (χ0) is 11.8. The van der Waals surface area contributed by atoms with E-state index in [9.17, 15) is 0 Å². The smallest absolute Gasteiger partial charge is 0.212 e. The normalized spacial score (nSPS) is 11.2. The Morgan fingerprint density at radius 3 is 2.76 bits per heavy atom. The Morgan fingerprint density at radius 2 is 2.06 bits per heavy atom. The maximum Gasteiger partial charge on any atom is 0.212 e. The van der Waals surface area contributed by atoms with Crippen LogP contribution < -0.4 is 5.73 Å². The summed E-state index contributed by atoms with van der Waals surface area (Å²) in [5, 5.41) is 6.45. The van der Waals surface area contributed by atoms with Gasteiger partial charge >= 0.3 is 0 Å². The summed E-state index contributed by atoms with van der Waals surface area (Å²) in [6.07, 6.45) is 0. The van der Waals surface area contributed by atoms with Crippen molar-refractivity contribution >= 4 is 16.3 Å². The van der Waals surface area contributed by atoms with Crippen LogP contribution in [0.15, 0.2) is 29.6 Å². The van der Waals surface area contributed by atoms with E-state index in [2.05, 4.69) is 46.7 Å². The van der Waals surface area contributed by atoms with Crippen molar-refractivity contribution in [3.05, 3.63) is 41.0 Å². The monoisotopic (exact) mass is 244 g/mol. The predicted molar refractivity (Wildman–Crippen MR) is 68.9 cm³/mol. The molecule has 0 unspecified atom stereocenters. The van der Waals surface area contributed by atoms with Crippen LogP contribution >= 0.6 is 11.3 Å². The maximum absolute atomic E-state index is 5.55. The molecule has 0 spiro atoms. The van der Waals surface area contributed by atoms with Gasteiger partial charge in [-0.2, -0.15) is 0 Å². The molecule has 0 amide bonds. The second-order valence-corrected chi connectivity index (χ2v) is 4.75. The summed E-state index contributed by atoms with van der Waals surface area (Å²) in [5.41, 5.74) is 9.01. The minimum absolute atomic E-state index is 0.377. The number of nitrogens with zero attached hydrogens (tertiary/aromatic N) is 3. The first-order valence-electron chi connectivity index (χ1n) is 5.38. The van der Waals surface area contributed by atoms with Crippen LogP contribution in [0.3, 0.4) is 0 Å². The van der Waals surface area contributed by atoms with Crippen molar-refractivity contribution < 1.29 is 0 Å². The van der Waals surface area contributed by atoms with E-state index < -0.39 is 0 Å². The summed E-state index contributed by atoms with van der Waals surface area (Å²) in [6, 6.07) is 8.39. The quantitative estimate of drug-likeness (QED) is 0.752. The molecule has 0 bridgehead atoms. The molecule has 0 aliphatic heterocycles. The van der Waals surface area contributed by atoms with E-state index in [4.69, 9.17) is 5.73 Å². The van der Waals surface area contributed by atoms with Crippen LogP contribution in [-0.2, 0) is 6.54 Å². The first-order valence-corrected chi connectivity index (χ1v) is 6.26. The van der Waals surface area contributed by atoms with Crippen molar-refractivity contribution in [2.24, 2.45) is 5.73 Å². The third-order valence-corrected chi connectivity index (χ3v) is 3.47. The lowest BCUT2D eigenvalue weighted by Crippen LogP contribution is -1.99. The van der Waals surface area contributed by atoms with Crippen molar-refractivity contribution in [1.29, 1.82) is 0 Å². The van der Waals surface area contributed by atoms with E-state index in [1.54, 1.807) is 11.3 Å². The molecule has 0 saturated carbocycles. The molecular weight excluding hydrogens is 232 g/mol. The van der Waals surface area contributed by atoms with Gasteiger partial charge in [-0.15, -0.1) is 16.4 Å². The summed E-state index contributed by atoms with van der Waals surface area (Å²) in [4.78, 5) is 5.23. The molecule has 0 aliphatic rings. The lowest BCUT2D eigenvalue weighted by Gasteiger charge is -1.99. The molecule has 0 fully saturated rings. The van der Waals surface area contributed by atoms with Gasteiger partial charge in [-0.1, -0.05) is 29.8 Å². The second kappa shape index (κ2) is 3.94. The van der Waals surface area contributed by atoms with Gasteiger partial charge in [0.25, 0.3) is 0 Å². The van der Waals surface area contributed by atoms with E-state index in [-0.39, 0.29) is 0 Å². The van der Waals surface area contributed by atoms with Gasteiger partial charge in [0, 0.05) is 10.9 Å². The van der Waals surface area contributed by atoms with E-state index in [0.717, 1.165) is 16.2 Å². The number of aryl methyl sites for hydroxylation is 1. The molecule has 1 aromatic carbocycles. The highest BCUT2D eigenvalue weighted by atomic mass is 32.1. The summed E-state index contributed by atoms with van der Waals surface area (Å²) in [6.45, 7) is 2.46. The van der Waals surface area contributed by atoms with Crippen LogP contribution in [0.25, 0.3) is 16.2 Å². The van der Waals surface area contributed by atoms with Gasteiger partial charge in [-0.05, 0) is 6.92 Å². The Kier molecular flexibility index (Phi) is 2.42. The highest BCUT2D eigenvalue weighted by Crippen LogP contribution is 2.25. The van der Waals surface area contributed by atoms with Gasteiger partial charge in [0.1, 0.15) is 0 Å². The maximum atomic E-state index is 5.55. The van der Waals surface area contributed by atoms with Crippen molar-refractivity contribution in [3.8, 4) is 11.3 Å². The molecule has 17 heavy (non-hydrogen) atoms. The van der Waals surface area contributed by atoms with Gasteiger partial charge in [-0.25, -0.2) is 9.50 Å². The molecule has 3 aromatic rings. The highest BCUT2D eigenvalue weighted by molar-refractivity contribution is 7.15. The summed E-state index contributed by atoms with van der Waals surface area (Å²) >= 11 is 1.58. The fourth-order valence-electron chi connectivity index (χ4n) is 1.73. The number of aromatic nitrogens is 3. The number of rotatable bonds is 2. The zero-order valence-electron chi connectivity index (χ0n) is 9.42. The molecule has 5 heteroatoms. The number of nitrogens with two attached hydrogens (primary N) is 1. The SMILES string of the molecule is Cc1ccc(-c2csc3nc(CN)nn23)cc1. The van der Waals surface area contributed by atoms with E-state index in [1.807, 2.05) is 4.52 Å². The van der Waals surface area contributed by atoms with Crippen LogP contribution in [0, 0.1) is 6.92 Å². The minimum atomic E-state index is 0.377. The molecular formula is C12H12N4S. The molecule has 0 aliphatic carbocycles. The van der Waals surface area contributed by atoms with Gasteiger partial charge in [0.05, 0.1) is 12.2 Å². The average Bonchev–Trinajstić information content (AvgIpc) is 2.89. The lowest BCUT2D eigenvalue weighted by atomic mass is 10.1. The third kappa shape index (κ3) is 1.73. The van der Waals surface area contributed by atoms with Gasteiger partial charge in [0.2, 0.25) is 4.96 Å². The summed E-state index contributed by atoms with van der Waals surface area (Å²) < 4.78 is 1.86. The average molecular weight is 244 g/mol. The number of fused-ring (bicyclic) bond motifs is 1. The van der Waals surface area contributed by atoms with Crippen molar-refractivity contribution in [1.82, 2.24) is 14.6 Å². The molecule has 0 saturated heterocycles. The van der Waals surface area contributed by atoms with E-state index in [0.29, 0.717) is 12.4 Å². The minimum Gasteiger partial charge on any atom is -0.324 e. The van der Waals surface area contributed by atoms with Crippen molar-refractivity contribution in [2.45, 2.75) is 13.5 Å². The highest BCUT2D eigenvalue weighted by Gasteiger charge is 2.10. The number of thiazole rings is 1. The van der Waals surface area contributed by atoms with E-state index in [1.165, 1.54) is 5.56 Å². The third-order valence-electron chi connectivity index (χ3n) is 2.66. The Balaban J connectivity index is 2.16. The number of benzene rings is 1. The molecule has 2 N–H and O–H groups in total. The Labute approximate surface area is 103 Å². The zero-order valence-corrected chi connectivity index (χ0v) is 10.2. The largest absolute Gasteiger partial charge is 0.324 e. The molecule has 0 radical (unpaired) electrons. The molecule has 2 heterocycles. The van der Waals surface area contributed by atoms with Gasteiger partial charge < -0.3 is 5.73 Å². The van der Waals surface area contributed by atoms with Gasteiger partial charge in [-0.3, -0.25) is 0 Å². The van der Waals surface area contributed by atoms with E-state index >= 15 is 0 Å². The number of hydrogen-bond acceptors (Lipinski definition) is 4. The number of hydrogen-bond donors (Lipinski definition) is 1. The Morgan fingerprint density at radius 1 is 1.29 bits per heavy atom. The first-order chi connectivity index (χ1) is 8.28. The fraction of sp³-hybridized carbons (Fsp3) is 0.167. The van der Waals surface area contributed by atoms with Crippen molar-refractivity contribution in [2.75, 3.05) is 0 Å². The molecule has 4 nitrogen and oxygen atoms in total. The first kappa shape index (κ1) is 10.4. The fourth-order valence-corrected chi connectivity index (χ4v) is 2.58. The summed E-state index contributed by atoms with van der Waals surface area (Å²) in [5.74, 6) is 0.685. The predicted octanol–water partition coefficient (Wildman–Crippen LogP) is 2.22. The topological polar surface area (TPSA) is 56.2 Å². The molecule has 0 atom stereocenters. The van der Waals surface area contributed by atoms with Crippen LogP contribution in [0.5, 0.6) is 0 Å². The summed E-state index contributed by atoms with van der Waals surface area (Å²) in [7, 11) is 0.